The number of hydrogen-bond donors (Lipinski definition) is 2. The van der Waals surface area contributed by atoms with Gasteiger partial charge in [-0.1, -0.05) is 40.0 Å². The van der Waals surface area contributed by atoms with Crippen LogP contribution in [0.5, 0.6) is 0 Å². The van der Waals surface area contributed by atoms with Crippen molar-refractivity contribution in [2.45, 2.75) is 52.5 Å². The molecule has 3 heteroatoms. The molecule has 108 valence electrons. The van der Waals surface area contributed by atoms with Crippen molar-refractivity contribution in [1.29, 1.82) is 0 Å². The van der Waals surface area contributed by atoms with Gasteiger partial charge in [0.15, 0.2) is 0 Å². The monoisotopic (exact) mass is 256 g/mol. The maximum atomic E-state index is 5.52. The summed E-state index contributed by atoms with van der Waals surface area (Å²) in [4.78, 5) is 0. The van der Waals surface area contributed by atoms with E-state index < -0.39 is 0 Å². The van der Waals surface area contributed by atoms with Crippen LogP contribution in [-0.2, 0) is 4.74 Å². The molecule has 0 saturated carbocycles. The lowest BCUT2D eigenvalue weighted by atomic mass is 9.86. The molecule has 0 aromatic rings. The van der Waals surface area contributed by atoms with Gasteiger partial charge in [0.1, 0.15) is 0 Å². The maximum absolute atomic E-state index is 5.52. The summed E-state index contributed by atoms with van der Waals surface area (Å²) in [5, 5.41) is 6.98. The predicted molar refractivity (Wildman–Crippen MR) is 77.9 cm³/mol. The fourth-order valence-corrected chi connectivity index (χ4v) is 2.66. The van der Waals surface area contributed by atoms with Gasteiger partial charge >= 0.3 is 0 Å². The number of nitrogens with one attached hydrogen (secondary N) is 2. The minimum Gasteiger partial charge on any atom is -0.379 e. The molecule has 1 aliphatic heterocycles. The number of likely N-dealkylation sites (N-methyl/N-ethyl adjacent to an activating group) is 1. The Labute approximate surface area is 113 Å². The van der Waals surface area contributed by atoms with Gasteiger partial charge in [-0.15, -0.1) is 0 Å². The topological polar surface area (TPSA) is 33.3 Å². The smallest absolute Gasteiger partial charge is 0.0623 e. The van der Waals surface area contributed by atoms with Crippen LogP contribution >= 0.6 is 0 Å². The zero-order valence-corrected chi connectivity index (χ0v) is 12.7. The Hall–Kier alpha value is -0.120. The van der Waals surface area contributed by atoms with E-state index in [9.17, 15) is 0 Å². The molecule has 0 aliphatic carbocycles. The van der Waals surface area contributed by atoms with Crippen LogP contribution in [-0.4, -0.2) is 39.4 Å². The lowest BCUT2D eigenvalue weighted by molar-refractivity contribution is 0.181. The van der Waals surface area contributed by atoms with Crippen molar-refractivity contribution in [2.75, 3.05) is 33.4 Å². The van der Waals surface area contributed by atoms with Crippen LogP contribution in [0, 0.1) is 11.3 Å². The second-order valence-corrected chi connectivity index (χ2v) is 6.44. The average molecular weight is 256 g/mol. The van der Waals surface area contributed by atoms with Gasteiger partial charge < -0.3 is 15.4 Å². The molecule has 0 spiro atoms. The zero-order chi connectivity index (χ0) is 13.4. The summed E-state index contributed by atoms with van der Waals surface area (Å²) in [6, 6.07) is 0.528. The van der Waals surface area contributed by atoms with Gasteiger partial charge in [-0.2, -0.15) is 0 Å². The molecule has 1 aliphatic rings. The summed E-state index contributed by atoms with van der Waals surface area (Å²) in [7, 11) is 2.03. The SMILES string of the molecule is CCCCCC(C)(C)CNCC1COCC1NC. The van der Waals surface area contributed by atoms with E-state index in [1.54, 1.807) is 0 Å². The van der Waals surface area contributed by atoms with Gasteiger partial charge in [0, 0.05) is 25.0 Å². The van der Waals surface area contributed by atoms with E-state index >= 15 is 0 Å². The molecule has 0 aromatic heterocycles. The van der Waals surface area contributed by atoms with Gasteiger partial charge in [-0.25, -0.2) is 0 Å². The second kappa shape index (κ2) is 8.13. The van der Waals surface area contributed by atoms with Crippen LogP contribution in [0.3, 0.4) is 0 Å². The first kappa shape index (κ1) is 15.9. The van der Waals surface area contributed by atoms with Crippen LogP contribution in [0.4, 0.5) is 0 Å². The number of rotatable bonds is 9. The van der Waals surface area contributed by atoms with Crippen LogP contribution < -0.4 is 10.6 Å². The highest BCUT2D eigenvalue weighted by Gasteiger charge is 2.27. The summed E-state index contributed by atoms with van der Waals surface area (Å²) in [6.45, 7) is 11.0. The van der Waals surface area contributed by atoms with Crippen molar-refractivity contribution in [3.05, 3.63) is 0 Å². The Morgan fingerprint density at radius 3 is 2.67 bits per heavy atom. The van der Waals surface area contributed by atoms with E-state index in [1.165, 1.54) is 25.7 Å². The molecule has 2 atom stereocenters. The molecule has 1 fully saturated rings. The third-order valence-electron chi connectivity index (χ3n) is 4.04. The molecule has 1 rings (SSSR count). The van der Waals surface area contributed by atoms with Gasteiger partial charge in [-0.3, -0.25) is 0 Å². The van der Waals surface area contributed by atoms with Crippen LogP contribution in [0.1, 0.15) is 46.5 Å². The van der Waals surface area contributed by atoms with E-state index in [0.717, 1.165) is 26.3 Å². The first-order valence-corrected chi connectivity index (χ1v) is 7.55. The van der Waals surface area contributed by atoms with E-state index in [1.807, 2.05) is 7.05 Å². The van der Waals surface area contributed by atoms with Crippen molar-refractivity contribution in [2.24, 2.45) is 11.3 Å². The second-order valence-electron chi connectivity index (χ2n) is 6.44. The number of ether oxygens (including phenoxy) is 1. The van der Waals surface area contributed by atoms with Crippen LogP contribution in [0.2, 0.25) is 0 Å². The normalized spacial score (nSPS) is 24.7. The van der Waals surface area contributed by atoms with E-state index in [0.29, 0.717) is 17.4 Å². The Balaban J connectivity index is 2.15. The molecule has 2 N–H and O–H groups in total. The average Bonchev–Trinajstić information content (AvgIpc) is 2.76. The molecule has 0 amide bonds. The third-order valence-corrected chi connectivity index (χ3v) is 4.04. The van der Waals surface area contributed by atoms with Crippen molar-refractivity contribution in [3.63, 3.8) is 0 Å². The van der Waals surface area contributed by atoms with E-state index in [2.05, 4.69) is 31.4 Å². The summed E-state index contributed by atoms with van der Waals surface area (Å²) < 4.78 is 5.52. The third kappa shape index (κ3) is 5.68. The largest absolute Gasteiger partial charge is 0.379 e. The molecule has 0 radical (unpaired) electrons. The minimum absolute atomic E-state index is 0.420. The molecule has 0 bridgehead atoms. The first-order chi connectivity index (χ1) is 8.59. The van der Waals surface area contributed by atoms with Crippen LogP contribution in [0.15, 0.2) is 0 Å². The van der Waals surface area contributed by atoms with E-state index in [4.69, 9.17) is 4.74 Å². The van der Waals surface area contributed by atoms with Crippen molar-refractivity contribution < 1.29 is 4.74 Å². The molecule has 18 heavy (non-hydrogen) atoms. The standard InChI is InChI=1S/C15H32N2O/c1-5-6-7-8-15(2,3)12-17-9-13-10-18-11-14(13)16-4/h13-14,16-17H,5-12H2,1-4H3. The molecule has 0 aromatic carbocycles. The number of hydrogen-bond acceptors (Lipinski definition) is 3. The molecule has 2 unspecified atom stereocenters. The predicted octanol–water partition coefficient (Wildman–Crippen LogP) is 2.42. The summed E-state index contributed by atoms with van der Waals surface area (Å²) in [6.07, 6.45) is 5.36. The number of unbranched alkanes of at least 4 members (excludes halogenated alkanes) is 2. The highest BCUT2D eigenvalue weighted by molar-refractivity contribution is 4.82. The van der Waals surface area contributed by atoms with Gasteiger partial charge in [0.25, 0.3) is 0 Å². The van der Waals surface area contributed by atoms with Crippen molar-refractivity contribution in [1.82, 2.24) is 10.6 Å². The fourth-order valence-electron chi connectivity index (χ4n) is 2.66. The molecular formula is C15H32N2O. The molecule has 3 nitrogen and oxygen atoms in total. The Morgan fingerprint density at radius 1 is 1.22 bits per heavy atom. The summed E-state index contributed by atoms with van der Waals surface area (Å²) in [5.74, 6) is 0.626. The molecule has 1 heterocycles. The Bertz CT molecular complexity index is 219. The zero-order valence-electron chi connectivity index (χ0n) is 12.7. The molecule has 1 saturated heterocycles. The first-order valence-electron chi connectivity index (χ1n) is 7.55. The summed E-state index contributed by atoms with van der Waals surface area (Å²) in [5.41, 5.74) is 0.420. The lowest BCUT2D eigenvalue weighted by Gasteiger charge is -2.26. The quantitative estimate of drug-likeness (QED) is 0.622. The summed E-state index contributed by atoms with van der Waals surface area (Å²) >= 11 is 0. The Morgan fingerprint density at radius 2 is 2.00 bits per heavy atom. The molecular weight excluding hydrogens is 224 g/mol. The highest BCUT2D eigenvalue weighted by atomic mass is 16.5. The van der Waals surface area contributed by atoms with Crippen molar-refractivity contribution in [3.8, 4) is 0 Å². The van der Waals surface area contributed by atoms with Crippen molar-refractivity contribution >= 4 is 0 Å². The Kier molecular flexibility index (Phi) is 7.20. The minimum atomic E-state index is 0.420. The van der Waals surface area contributed by atoms with Crippen LogP contribution in [0.25, 0.3) is 0 Å². The maximum Gasteiger partial charge on any atom is 0.0623 e. The lowest BCUT2D eigenvalue weighted by Crippen LogP contribution is -2.40. The fraction of sp³-hybridized carbons (Fsp3) is 1.00. The van der Waals surface area contributed by atoms with Gasteiger partial charge in [0.2, 0.25) is 0 Å². The van der Waals surface area contributed by atoms with E-state index in [-0.39, 0.29) is 0 Å². The highest BCUT2D eigenvalue weighted by Crippen LogP contribution is 2.23. The van der Waals surface area contributed by atoms with Gasteiger partial charge in [-0.05, 0) is 18.9 Å². The van der Waals surface area contributed by atoms with Gasteiger partial charge in [0.05, 0.1) is 13.2 Å².